The van der Waals surface area contributed by atoms with Crippen LogP contribution in [0.2, 0.25) is 0 Å². The lowest BCUT2D eigenvalue weighted by molar-refractivity contribution is 0.176. The number of nitrogens with zero attached hydrogens (tertiary/aromatic N) is 1. The van der Waals surface area contributed by atoms with Crippen LogP contribution in [0.3, 0.4) is 0 Å². The molecule has 0 atom stereocenters. The molecule has 0 aromatic heterocycles. The lowest BCUT2D eigenvalue weighted by Gasteiger charge is -2.16. The Labute approximate surface area is 83.8 Å². The third-order valence-corrected chi connectivity index (χ3v) is 2.52. The van der Waals surface area contributed by atoms with Crippen molar-refractivity contribution >= 4 is 5.84 Å². The second-order valence-corrected chi connectivity index (χ2v) is 3.42. The maximum Gasteiger partial charge on any atom is 0.128 e. The van der Waals surface area contributed by atoms with Gasteiger partial charge in [-0.15, -0.1) is 0 Å². The molecule has 0 spiro atoms. The lowest BCUT2D eigenvalue weighted by Crippen LogP contribution is -2.27. The van der Waals surface area contributed by atoms with Gasteiger partial charge in [0.15, 0.2) is 0 Å². The van der Waals surface area contributed by atoms with Crippen LogP contribution >= 0.6 is 0 Å². The van der Waals surface area contributed by atoms with Gasteiger partial charge in [-0.3, -0.25) is 5.41 Å². The van der Waals surface area contributed by atoms with Crippen LogP contribution in [0, 0.1) is 5.41 Å². The molecule has 0 saturated carbocycles. The van der Waals surface area contributed by atoms with E-state index in [1.165, 1.54) is 5.56 Å². The first-order valence-corrected chi connectivity index (χ1v) is 4.73. The monoisotopic (exact) mass is 190 g/mol. The quantitative estimate of drug-likeness (QED) is 0.783. The van der Waals surface area contributed by atoms with Crippen molar-refractivity contribution in [2.75, 3.05) is 20.3 Å². The normalized spacial score (nSPS) is 14.6. The van der Waals surface area contributed by atoms with Gasteiger partial charge in [0.25, 0.3) is 0 Å². The Morgan fingerprint density at radius 3 is 2.93 bits per heavy atom. The Bertz CT molecular complexity index is 349. The molecule has 1 heterocycles. The topological polar surface area (TPSA) is 36.3 Å². The highest BCUT2D eigenvalue weighted by atomic mass is 16.5. The number of hydrogen-bond acceptors (Lipinski definition) is 2. The van der Waals surface area contributed by atoms with Crippen LogP contribution in [-0.2, 0) is 11.3 Å². The summed E-state index contributed by atoms with van der Waals surface area (Å²) in [5, 5.41) is 7.94. The van der Waals surface area contributed by atoms with Crippen molar-refractivity contribution in [2.45, 2.75) is 6.54 Å². The van der Waals surface area contributed by atoms with Crippen molar-refractivity contribution < 1.29 is 4.74 Å². The number of amidine groups is 1. The van der Waals surface area contributed by atoms with Crippen LogP contribution in [0.25, 0.3) is 0 Å². The fourth-order valence-electron chi connectivity index (χ4n) is 1.74. The molecular formula is C11H14N2O. The minimum Gasteiger partial charge on any atom is -0.383 e. The zero-order chi connectivity index (χ0) is 9.97. The fourth-order valence-corrected chi connectivity index (χ4v) is 1.74. The van der Waals surface area contributed by atoms with Crippen LogP contribution < -0.4 is 0 Å². The van der Waals surface area contributed by atoms with E-state index in [1.807, 2.05) is 23.1 Å². The first kappa shape index (κ1) is 9.21. The zero-order valence-corrected chi connectivity index (χ0v) is 8.29. The van der Waals surface area contributed by atoms with E-state index >= 15 is 0 Å². The van der Waals surface area contributed by atoms with Crippen LogP contribution in [0.1, 0.15) is 11.1 Å². The molecule has 2 rings (SSSR count). The molecule has 14 heavy (non-hydrogen) atoms. The Hall–Kier alpha value is -1.35. The molecule has 0 radical (unpaired) electrons. The van der Waals surface area contributed by atoms with E-state index in [9.17, 15) is 0 Å². The van der Waals surface area contributed by atoms with Gasteiger partial charge >= 0.3 is 0 Å². The summed E-state index contributed by atoms with van der Waals surface area (Å²) >= 11 is 0. The third-order valence-electron chi connectivity index (χ3n) is 2.52. The zero-order valence-electron chi connectivity index (χ0n) is 8.29. The van der Waals surface area contributed by atoms with Crippen molar-refractivity contribution in [3.05, 3.63) is 35.4 Å². The van der Waals surface area contributed by atoms with E-state index in [4.69, 9.17) is 10.1 Å². The minimum atomic E-state index is 0.623. The fraction of sp³-hybridized carbons (Fsp3) is 0.364. The number of rotatable bonds is 3. The molecule has 3 heteroatoms. The second-order valence-electron chi connectivity index (χ2n) is 3.42. The number of hydrogen-bond donors (Lipinski definition) is 1. The SMILES string of the molecule is COCCN1Cc2ccccc2C1=N. The minimum absolute atomic E-state index is 0.623. The predicted molar refractivity (Wildman–Crippen MR) is 55.6 cm³/mol. The molecule has 74 valence electrons. The number of methoxy groups -OCH3 is 1. The van der Waals surface area contributed by atoms with Gasteiger partial charge in [-0.1, -0.05) is 24.3 Å². The molecule has 0 amide bonds. The van der Waals surface area contributed by atoms with E-state index in [0.29, 0.717) is 12.4 Å². The molecule has 0 unspecified atom stereocenters. The molecule has 1 aliphatic heterocycles. The average Bonchev–Trinajstić information content (AvgIpc) is 2.54. The van der Waals surface area contributed by atoms with E-state index in [-0.39, 0.29) is 0 Å². The van der Waals surface area contributed by atoms with Crippen LogP contribution in [-0.4, -0.2) is 31.0 Å². The van der Waals surface area contributed by atoms with Crippen molar-refractivity contribution in [1.29, 1.82) is 5.41 Å². The summed E-state index contributed by atoms with van der Waals surface area (Å²) in [6.45, 7) is 2.32. The number of benzene rings is 1. The first-order chi connectivity index (χ1) is 6.83. The van der Waals surface area contributed by atoms with Gasteiger partial charge in [0.1, 0.15) is 5.84 Å². The number of fused-ring (bicyclic) bond motifs is 1. The molecule has 1 aliphatic rings. The second kappa shape index (κ2) is 3.80. The summed E-state index contributed by atoms with van der Waals surface area (Å²) in [5.74, 6) is 0.623. The number of nitrogens with one attached hydrogen (secondary N) is 1. The largest absolute Gasteiger partial charge is 0.383 e. The number of ether oxygens (including phenoxy) is 1. The highest BCUT2D eigenvalue weighted by molar-refractivity contribution is 6.00. The molecule has 1 N–H and O–H groups in total. The van der Waals surface area contributed by atoms with Gasteiger partial charge in [-0.05, 0) is 5.56 Å². The predicted octanol–water partition coefficient (Wildman–Crippen LogP) is 1.47. The highest BCUT2D eigenvalue weighted by Crippen LogP contribution is 2.21. The summed E-state index contributed by atoms with van der Waals surface area (Å²) in [5.41, 5.74) is 2.30. The summed E-state index contributed by atoms with van der Waals surface area (Å²) in [6.07, 6.45) is 0. The van der Waals surface area contributed by atoms with Gasteiger partial charge in [0.05, 0.1) is 6.61 Å². The van der Waals surface area contributed by atoms with Crippen molar-refractivity contribution in [2.24, 2.45) is 0 Å². The van der Waals surface area contributed by atoms with Gasteiger partial charge in [-0.2, -0.15) is 0 Å². The van der Waals surface area contributed by atoms with Crippen LogP contribution in [0.5, 0.6) is 0 Å². The summed E-state index contributed by atoms with van der Waals surface area (Å²) < 4.78 is 5.01. The molecule has 0 fully saturated rings. The first-order valence-electron chi connectivity index (χ1n) is 4.73. The van der Waals surface area contributed by atoms with Crippen molar-refractivity contribution in [1.82, 2.24) is 4.90 Å². The van der Waals surface area contributed by atoms with Crippen LogP contribution in [0.15, 0.2) is 24.3 Å². The standard InChI is InChI=1S/C11H14N2O/c1-14-7-6-13-8-9-4-2-3-5-10(9)11(13)12/h2-5,12H,6-8H2,1H3. The van der Waals surface area contributed by atoms with E-state index < -0.39 is 0 Å². The molecule has 0 bridgehead atoms. The Kier molecular flexibility index (Phi) is 2.50. The Morgan fingerprint density at radius 1 is 1.43 bits per heavy atom. The molecule has 3 nitrogen and oxygen atoms in total. The maximum atomic E-state index is 7.94. The molecule has 1 aromatic rings. The van der Waals surface area contributed by atoms with Gasteiger partial charge in [0.2, 0.25) is 0 Å². The molecule has 0 saturated heterocycles. The molecule has 0 aliphatic carbocycles. The molecular weight excluding hydrogens is 176 g/mol. The smallest absolute Gasteiger partial charge is 0.128 e. The van der Waals surface area contributed by atoms with E-state index in [0.717, 1.165) is 18.7 Å². The highest BCUT2D eigenvalue weighted by Gasteiger charge is 2.22. The maximum absolute atomic E-state index is 7.94. The van der Waals surface area contributed by atoms with Crippen molar-refractivity contribution in [3.8, 4) is 0 Å². The summed E-state index contributed by atoms with van der Waals surface area (Å²) in [4.78, 5) is 2.04. The van der Waals surface area contributed by atoms with Gasteiger partial charge in [0, 0.05) is 25.8 Å². The summed E-state index contributed by atoms with van der Waals surface area (Å²) in [7, 11) is 1.69. The van der Waals surface area contributed by atoms with Gasteiger partial charge in [-0.25, -0.2) is 0 Å². The third kappa shape index (κ3) is 1.51. The van der Waals surface area contributed by atoms with E-state index in [2.05, 4.69) is 6.07 Å². The summed E-state index contributed by atoms with van der Waals surface area (Å²) in [6, 6.07) is 8.08. The molecule has 1 aromatic carbocycles. The Morgan fingerprint density at radius 2 is 2.21 bits per heavy atom. The van der Waals surface area contributed by atoms with Crippen LogP contribution in [0.4, 0.5) is 0 Å². The van der Waals surface area contributed by atoms with Crippen molar-refractivity contribution in [3.63, 3.8) is 0 Å². The average molecular weight is 190 g/mol. The van der Waals surface area contributed by atoms with E-state index in [1.54, 1.807) is 7.11 Å². The lowest BCUT2D eigenvalue weighted by atomic mass is 10.1. The van der Waals surface area contributed by atoms with Gasteiger partial charge < -0.3 is 9.64 Å². The Balaban J connectivity index is 2.13.